The standard InChI is InChI=1S/C16H21N5OS2/c1-3-8-14(22)17-15(23)20-21-13(4-2)18-19-16(21)24-11-12-9-6-5-7-10-12/h5-7,9-10H,3-4,8,11H2,1-2H3,(H2,17,20,22,23). The highest BCUT2D eigenvalue weighted by Gasteiger charge is 2.13. The van der Waals surface area contributed by atoms with E-state index in [4.69, 9.17) is 12.2 Å². The van der Waals surface area contributed by atoms with Crippen molar-refractivity contribution in [3.05, 3.63) is 41.7 Å². The fourth-order valence-electron chi connectivity index (χ4n) is 2.00. The Morgan fingerprint density at radius 2 is 2.00 bits per heavy atom. The van der Waals surface area contributed by atoms with Crippen LogP contribution < -0.4 is 10.7 Å². The largest absolute Gasteiger partial charge is 0.302 e. The normalized spacial score (nSPS) is 10.4. The number of nitrogens with zero attached hydrogens (tertiary/aromatic N) is 3. The first-order valence-electron chi connectivity index (χ1n) is 7.85. The molecule has 0 saturated heterocycles. The molecule has 0 atom stereocenters. The predicted octanol–water partition coefficient (Wildman–Crippen LogP) is 2.88. The number of thioether (sulfide) groups is 1. The van der Waals surface area contributed by atoms with Crippen LogP contribution in [-0.2, 0) is 17.0 Å². The van der Waals surface area contributed by atoms with E-state index in [-0.39, 0.29) is 11.0 Å². The zero-order valence-corrected chi connectivity index (χ0v) is 15.4. The number of carbonyl (C=O) groups excluding carboxylic acids is 1. The number of hydrogen-bond acceptors (Lipinski definition) is 5. The van der Waals surface area contributed by atoms with Gasteiger partial charge < -0.3 is 5.32 Å². The summed E-state index contributed by atoms with van der Waals surface area (Å²) in [7, 11) is 0. The molecule has 1 aromatic heterocycles. The van der Waals surface area contributed by atoms with Gasteiger partial charge in [0.25, 0.3) is 0 Å². The minimum atomic E-state index is -0.0976. The van der Waals surface area contributed by atoms with Crippen LogP contribution in [0.25, 0.3) is 0 Å². The molecule has 0 bridgehead atoms. The lowest BCUT2D eigenvalue weighted by molar-refractivity contribution is -0.119. The van der Waals surface area contributed by atoms with Gasteiger partial charge in [-0.15, -0.1) is 10.2 Å². The molecule has 128 valence electrons. The summed E-state index contributed by atoms with van der Waals surface area (Å²) in [5, 5.41) is 12.0. The summed E-state index contributed by atoms with van der Waals surface area (Å²) in [6.07, 6.45) is 1.93. The van der Waals surface area contributed by atoms with Crippen molar-refractivity contribution in [3.8, 4) is 0 Å². The maximum Gasteiger partial charge on any atom is 0.226 e. The monoisotopic (exact) mass is 363 g/mol. The van der Waals surface area contributed by atoms with Crippen LogP contribution in [0.3, 0.4) is 0 Å². The van der Waals surface area contributed by atoms with Crippen LogP contribution in [0, 0.1) is 0 Å². The van der Waals surface area contributed by atoms with E-state index >= 15 is 0 Å². The zero-order valence-electron chi connectivity index (χ0n) is 13.8. The van der Waals surface area contributed by atoms with Crippen molar-refractivity contribution in [2.24, 2.45) is 0 Å². The van der Waals surface area contributed by atoms with E-state index < -0.39 is 0 Å². The number of aromatic nitrogens is 3. The maximum absolute atomic E-state index is 11.6. The smallest absolute Gasteiger partial charge is 0.226 e. The van der Waals surface area contributed by atoms with Crippen molar-refractivity contribution in [2.75, 3.05) is 5.43 Å². The highest BCUT2D eigenvalue weighted by atomic mass is 32.2. The van der Waals surface area contributed by atoms with Crippen LogP contribution in [0.15, 0.2) is 35.5 Å². The second-order valence-corrected chi connectivity index (χ2v) is 6.45. The van der Waals surface area contributed by atoms with Crippen molar-refractivity contribution in [1.29, 1.82) is 0 Å². The average Bonchev–Trinajstić information content (AvgIpc) is 2.95. The molecule has 0 fully saturated rings. The van der Waals surface area contributed by atoms with Gasteiger partial charge in [0.1, 0.15) is 0 Å². The number of nitrogens with one attached hydrogen (secondary N) is 2. The lowest BCUT2D eigenvalue weighted by atomic mass is 10.2. The summed E-state index contributed by atoms with van der Waals surface area (Å²) in [6, 6.07) is 10.1. The Morgan fingerprint density at radius 3 is 2.67 bits per heavy atom. The number of hydrogen-bond donors (Lipinski definition) is 2. The third-order valence-corrected chi connectivity index (χ3v) is 4.36. The molecule has 6 nitrogen and oxygen atoms in total. The molecule has 1 aromatic carbocycles. The lowest BCUT2D eigenvalue weighted by Crippen LogP contribution is -2.38. The predicted molar refractivity (Wildman–Crippen MR) is 100 cm³/mol. The van der Waals surface area contributed by atoms with Gasteiger partial charge in [0.05, 0.1) is 0 Å². The van der Waals surface area contributed by atoms with E-state index in [1.165, 1.54) is 5.56 Å². The minimum Gasteiger partial charge on any atom is -0.302 e. The van der Waals surface area contributed by atoms with Gasteiger partial charge in [-0.2, -0.15) is 0 Å². The van der Waals surface area contributed by atoms with Crippen molar-refractivity contribution < 1.29 is 4.79 Å². The van der Waals surface area contributed by atoms with Gasteiger partial charge in [-0.25, -0.2) is 4.68 Å². The third kappa shape index (κ3) is 5.31. The van der Waals surface area contributed by atoms with Gasteiger partial charge >= 0.3 is 0 Å². The van der Waals surface area contributed by atoms with Crippen molar-refractivity contribution in [2.45, 2.75) is 44.0 Å². The van der Waals surface area contributed by atoms with E-state index in [1.54, 1.807) is 16.4 Å². The second-order valence-electron chi connectivity index (χ2n) is 5.10. The topological polar surface area (TPSA) is 71.8 Å². The SMILES string of the molecule is CCCC(=O)NC(=S)Nn1c(CC)nnc1SCc1ccccc1. The molecule has 1 amide bonds. The molecule has 2 N–H and O–H groups in total. The number of thiocarbonyl (C=S) groups is 1. The van der Waals surface area contributed by atoms with Gasteiger partial charge in [-0.05, 0) is 24.2 Å². The molecular weight excluding hydrogens is 342 g/mol. The summed E-state index contributed by atoms with van der Waals surface area (Å²) in [5.74, 6) is 1.44. The van der Waals surface area contributed by atoms with Crippen LogP contribution in [0.5, 0.6) is 0 Å². The Bertz CT molecular complexity index is 687. The number of carbonyl (C=O) groups is 1. The molecule has 0 aliphatic carbocycles. The maximum atomic E-state index is 11.6. The third-order valence-electron chi connectivity index (χ3n) is 3.17. The average molecular weight is 364 g/mol. The van der Waals surface area contributed by atoms with Gasteiger partial charge in [0.2, 0.25) is 11.1 Å². The summed E-state index contributed by atoms with van der Waals surface area (Å²) < 4.78 is 1.74. The van der Waals surface area contributed by atoms with Crippen LogP contribution in [0.4, 0.5) is 0 Å². The zero-order chi connectivity index (χ0) is 17.4. The van der Waals surface area contributed by atoms with Crippen molar-refractivity contribution in [1.82, 2.24) is 20.2 Å². The molecule has 24 heavy (non-hydrogen) atoms. The number of aryl methyl sites for hydroxylation is 1. The van der Waals surface area contributed by atoms with Crippen LogP contribution in [0.2, 0.25) is 0 Å². The Kier molecular flexibility index (Phi) is 7.20. The fraction of sp³-hybridized carbons (Fsp3) is 0.375. The Balaban J connectivity index is 2.03. The molecule has 0 aliphatic heterocycles. The Morgan fingerprint density at radius 1 is 1.25 bits per heavy atom. The first-order chi connectivity index (χ1) is 11.6. The van der Waals surface area contributed by atoms with Crippen LogP contribution >= 0.6 is 24.0 Å². The van der Waals surface area contributed by atoms with E-state index in [0.29, 0.717) is 18.0 Å². The highest BCUT2D eigenvalue weighted by molar-refractivity contribution is 7.98. The molecule has 0 aliphatic rings. The first kappa shape index (κ1) is 18.4. The van der Waals surface area contributed by atoms with Gasteiger partial charge in [0, 0.05) is 18.6 Å². The summed E-state index contributed by atoms with van der Waals surface area (Å²) in [6.45, 7) is 3.94. The fourth-order valence-corrected chi connectivity index (χ4v) is 3.07. The Labute approximate surface area is 151 Å². The molecule has 0 radical (unpaired) electrons. The quantitative estimate of drug-likeness (QED) is 0.582. The summed E-state index contributed by atoms with van der Waals surface area (Å²) in [4.78, 5) is 11.6. The van der Waals surface area contributed by atoms with E-state index in [2.05, 4.69) is 33.1 Å². The first-order valence-corrected chi connectivity index (χ1v) is 9.25. The molecule has 0 saturated carbocycles. The Hall–Kier alpha value is -1.93. The molecule has 2 aromatic rings. The number of rotatable bonds is 7. The summed E-state index contributed by atoms with van der Waals surface area (Å²) >= 11 is 6.77. The molecule has 2 rings (SSSR count). The molecule has 0 unspecified atom stereocenters. The van der Waals surface area contributed by atoms with E-state index in [1.807, 2.05) is 32.0 Å². The summed E-state index contributed by atoms with van der Waals surface area (Å²) in [5.41, 5.74) is 4.21. The molecule has 1 heterocycles. The highest BCUT2D eigenvalue weighted by Crippen LogP contribution is 2.21. The minimum absolute atomic E-state index is 0.0976. The van der Waals surface area contributed by atoms with Crippen LogP contribution in [-0.4, -0.2) is 25.9 Å². The molecular formula is C16H21N5OS2. The second kappa shape index (κ2) is 9.39. The van der Waals surface area contributed by atoms with E-state index in [0.717, 1.165) is 18.0 Å². The van der Waals surface area contributed by atoms with Gasteiger partial charge in [-0.3, -0.25) is 10.2 Å². The number of amides is 1. The van der Waals surface area contributed by atoms with Crippen molar-refractivity contribution >= 4 is 35.0 Å². The van der Waals surface area contributed by atoms with Gasteiger partial charge in [0.15, 0.2) is 10.9 Å². The number of benzene rings is 1. The van der Waals surface area contributed by atoms with E-state index in [9.17, 15) is 4.79 Å². The lowest BCUT2D eigenvalue weighted by Gasteiger charge is -2.13. The van der Waals surface area contributed by atoms with Crippen LogP contribution in [0.1, 0.15) is 38.1 Å². The van der Waals surface area contributed by atoms with Gasteiger partial charge in [-0.1, -0.05) is 55.9 Å². The molecule has 0 spiro atoms. The van der Waals surface area contributed by atoms with Crippen molar-refractivity contribution in [3.63, 3.8) is 0 Å². The molecule has 8 heteroatoms.